The van der Waals surface area contributed by atoms with Crippen LogP contribution in [0, 0.1) is 0 Å². The quantitative estimate of drug-likeness (QED) is 0.898. The summed E-state index contributed by atoms with van der Waals surface area (Å²) >= 11 is 0. The molecule has 0 aliphatic carbocycles. The van der Waals surface area contributed by atoms with Crippen LogP contribution in [0.25, 0.3) is 0 Å². The number of fused-ring (bicyclic) bond motifs is 1. The smallest absolute Gasteiger partial charge is 0.231 e. The van der Waals surface area contributed by atoms with Crippen molar-refractivity contribution in [2.24, 2.45) is 5.73 Å². The van der Waals surface area contributed by atoms with Crippen molar-refractivity contribution >= 4 is 0 Å². The van der Waals surface area contributed by atoms with Crippen molar-refractivity contribution in [2.45, 2.75) is 26.6 Å². The summed E-state index contributed by atoms with van der Waals surface area (Å²) in [5.74, 6) is 3.00. The van der Waals surface area contributed by atoms with Crippen molar-refractivity contribution in [3.05, 3.63) is 35.9 Å². The van der Waals surface area contributed by atoms with Gasteiger partial charge < -0.3 is 24.5 Å². The fourth-order valence-electron chi connectivity index (χ4n) is 2.17. The lowest BCUT2D eigenvalue weighted by molar-refractivity contribution is 0.173. The third-order valence-corrected chi connectivity index (χ3v) is 3.27. The number of ether oxygens (including phenoxy) is 3. The summed E-state index contributed by atoms with van der Waals surface area (Å²) in [7, 11) is 0. The Hall–Kier alpha value is -2.21. The minimum atomic E-state index is 0.239. The summed E-state index contributed by atoms with van der Waals surface area (Å²) in [6.07, 6.45) is 3.70. The van der Waals surface area contributed by atoms with E-state index in [1.807, 2.05) is 22.9 Å². The Balaban J connectivity index is 1.80. The van der Waals surface area contributed by atoms with Gasteiger partial charge in [-0.2, -0.15) is 0 Å². The Labute approximate surface area is 117 Å². The van der Waals surface area contributed by atoms with Crippen molar-refractivity contribution in [2.75, 3.05) is 6.79 Å². The van der Waals surface area contributed by atoms with Crippen LogP contribution in [-0.2, 0) is 19.7 Å². The molecule has 2 heterocycles. The maximum absolute atomic E-state index is 5.84. The van der Waals surface area contributed by atoms with E-state index in [4.69, 9.17) is 19.9 Å². The molecule has 1 aromatic heterocycles. The van der Waals surface area contributed by atoms with Gasteiger partial charge in [0.05, 0.1) is 0 Å². The molecule has 0 bridgehead atoms. The number of aromatic nitrogens is 2. The minimum absolute atomic E-state index is 0.239. The Morgan fingerprint density at radius 1 is 1.35 bits per heavy atom. The molecule has 3 rings (SSSR count). The number of rotatable bonds is 5. The number of imidazole rings is 1. The highest BCUT2D eigenvalue weighted by molar-refractivity contribution is 5.51. The lowest BCUT2D eigenvalue weighted by Crippen LogP contribution is -2.07. The summed E-state index contributed by atoms with van der Waals surface area (Å²) < 4.78 is 18.6. The zero-order valence-corrected chi connectivity index (χ0v) is 11.3. The van der Waals surface area contributed by atoms with Crippen LogP contribution in [0.5, 0.6) is 17.2 Å². The van der Waals surface area contributed by atoms with Gasteiger partial charge in [-0.3, -0.25) is 0 Å². The van der Waals surface area contributed by atoms with E-state index in [-0.39, 0.29) is 6.79 Å². The van der Waals surface area contributed by atoms with E-state index in [1.54, 1.807) is 6.20 Å². The molecule has 0 saturated carbocycles. The van der Waals surface area contributed by atoms with Crippen LogP contribution >= 0.6 is 0 Å². The largest absolute Gasteiger partial charge is 0.485 e. The topological polar surface area (TPSA) is 71.5 Å². The van der Waals surface area contributed by atoms with Crippen molar-refractivity contribution in [1.29, 1.82) is 0 Å². The molecule has 0 saturated heterocycles. The van der Waals surface area contributed by atoms with Gasteiger partial charge in [0.15, 0.2) is 11.5 Å². The van der Waals surface area contributed by atoms with E-state index in [0.717, 1.165) is 17.9 Å². The molecule has 0 radical (unpaired) electrons. The minimum Gasteiger partial charge on any atom is -0.485 e. The molecule has 6 nitrogen and oxygen atoms in total. The van der Waals surface area contributed by atoms with Gasteiger partial charge in [0.25, 0.3) is 0 Å². The maximum Gasteiger partial charge on any atom is 0.231 e. The standard InChI is InChI=1S/C14H17N3O3/c1-2-17-4-3-16-14(17)8-18-11-6-13-12(19-9-20-13)5-10(11)7-15/h3-6H,2,7-9,15H2,1H3. The van der Waals surface area contributed by atoms with E-state index in [0.29, 0.717) is 30.4 Å². The Bertz CT molecular complexity index is 610. The second-order valence-corrected chi connectivity index (χ2v) is 4.44. The van der Waals surface area contributed by atoms with Crippen LogP contribution in [0.4, 0.5) is 0 Å². The first-order valence-corrected chi connectivity index (χ1v) is 6.57. The number of benzene rings is 1. The lowest BCUT2D eigenvalue weighted by Gasteiger charge is -2.12. The van der Waals surface area contributed by atoms with Gasteiger partial charge in [-0.25, -0.2) is 4.98 Å². The van der Waals surface area contributed by atoms with Crippen LogP contribution in [0.1, 0.15) is 18.3 Å². The second kappa shape index (κ2) is 5.42. The van der Waals surface area contributed by atoms with E-state index >= 15 is 0 Å². The van der Waals surface area contributed by atoms with Gasteiger partial charge >= 0.3 is 0 Å². The number of aryl methyl sites for hydroxylation is 1. The Morgan fingerprint density at radius 3 is 2.90 bits per heavy atom. The zero-order chi connectivity index (χ0) is 13.9. The first-order valence-electron chi connectivity index (χ1n) is 6.57. The molecule has 1 aliphatic rings. The van der Waals surface area contributed by atoms with Crippen LogP contribution in [-0.4, -0.2) is 16.3 Å². The molecule has 0 atom stereocenters. The molecule has 6 heteroatoms. The molecule has 2 N–H and O–H groups in total. The number of hydrogen-bond donors (Lipinski definition) is 1. The van der Waals surface area contributed by atoms with Gasteiger partial charge in [-0.1, -0.05) is 0 Å². The van der Waals surface area contributed by atoms with E-state index in [2.05, 4.69) is 11.9 Å². The van der Waals surface area contributed by atoms with Gasteiger partial charge in [0, 0.05) is 37.1 Å². The molecular formula is C14H17N3O3. The Morgan fingerprint density at radius 2 is 2.15 bits per heavy atom. The van der Waals surface area contributed by atoms with Crippen LogP contribution in [0.15, 0.2) is 24.5 Å². The average molecular weight is 275 g/mol. The molecular weight excluding hydrogens is 258 g/mol. The molecule has 106 valence electrons. The summed E-state index contributed by atoms with van der Waals surface area (Å²) in [6, 6.07) is 3.69. The fraction of sp³-hybridized carbons (Fsp3) is 0.357. The van der Waals surface area contributed by atoms with Crippen LogP contribution < -0.4 is 19.9 Å². The third kappa shape index (κ3) is 2.30. The molecule has 0 fully saturated rings. The fourth-order valence-corrected chi connectivity index (χ4v) is 2.17. The van der Waals surface area contributed by atoms with Gasteiger partial charge in [0.1, 0.15) is 18.2 Å². The van der Waals surface area contributed by atoms with Crippen molar-refractivity contribution in [3.8, 4) is 17.2 Å². The Kier molecular flexibility index (Phi) is 3.47. The molecule has 0 amide bonds. The molecule has 1 aliphatic heterocycles. The van der Waals surface area contributed by atoms with Crippen molar-refractivity contribution < 1.29 is 14.2 Å². The third-order valence-electron chi connectivity index (χ3n) is 3.27. The van der Waals surface area contributed by atoms with Crippen molar-refractivity contribution in [3.63, 3.8) is 0 Å². The summed E-state index contributed by atoms with van der Waals surface area (Å²) in [5, 5.41) is 0. The highest BCUT2D eigenvalue weighted by Crippen LogP contribution is 2.38. The molecule has 2 aromatic rings. The average Bonchev–Trinajstić information content (AvgIpc) is 3.11. The monoisotopic (exact) mass is 275 g/mol. The molecule has 1 aromatic carbocycles. The van der Waals surface area contributed by atoms with Gasteiger partial charge in [0.2, 0.25) is 6.79 Å². The highest BCUT2D eigenvalue weighted by atomic mass is 16.7. The molecule has 0 unspecified atom stereocenters. The number of nitrogens with zero attached hydrogens (tertiary/aromatic N) is 2. The van der Waals surface area contributed by atoms with Gasteiger partial charge in [-0.05, 0) is 13.0 Å². The predicted octanol–water partition coefficient (Wildman–Crippen LogP) is 1.67. The molecule has 0 spiro atoms. The molecule has 20 heavy (non-hydrogen) atoms. The van der Waals surface area contributed by atoms with E-state index in [9.17, 15) is 0 Å². The summed E-state index contributed by atoms with van der Waals surface area (Å²) in [6.45, 7) is 3.95. The van der Waals surface area contributed by atoms with Crippen LogP contribution in [0.3, 0.4) is 0 Å². The lowest BCUT2D eigenvalue weighted by atomic mass is 10.2. The second-order valence-electron chi connectivity index (χ2n) is 4.44. The highest BCUT2D eigenvalue weighted by Gasteiger charge is 2.17. The number of nitrogens with two attached hydrogens (primary N) is 1. The van der Waals surface area contributed by atoms with Crippen LogP contribution in [0.2, 0.25) is 0 Å². The zero-order valence-electron chi connectivity index (χ0n) is 11.3. The van der Waals surface area contributed by atoms with Crippen molar-refractivity contribution in [1.82, 2.24) is 9.55 Å². The normalized spacial score (nSPS) is 12.7. The number of hydrogen-bond acceptors (Lipinski definition) is 5. The maximum atomic E-state index is 5.84. The van der Waals surface area contributed by atoms with E-state index < -0.39 is 0 Å². The first kappa shape index (κ1) is 12.8. The predicted molar refractivity (Wildman–Crippen MR) is 72.7 cm³/mol. The first-order chi connectivity index (χ1) is 9.81. The SMILES string of the molecule is CCn1ccnc1COc1cc2c(cc1CN)OCO2. The van der Waals surface area contributed by atoms with E-state index in [1.165, 1.54) is 0 Å². The summed E-state index contributed by atoms with van der Waals surface area (Å²) in [5.41, 5.74) is 6.64. The van der Waals surface area contributed by atoms with Gasteiger partial charge in [-0.15, -0.1) is 0 Å². The summed E-state index contributed by atoms with van der Waals surface area (Å²) in [4.78, 5) is 4.28.